The molecule has 0 aliphatic heterocycles. The summed E-state index contributed by atoms with van der Waals surface area (Å²) in [7, 11) is 1.42. The molecule has 1 rings (SSSR count). The number of rotatable bonds is 2. The van der Waals surface area contributed by atoms with Crippen LogP contribution in [0.5, 0.6) is 0 Å². The van der Waals surface area contributed by atoms with Crippen molar-refractivity contribution in [1.82, 2.24) is 15.0 Å². The average Bonchev–Trinajstić information content (AvgIpc) is 2.08. The number of carbonyl (C=O) groups excluding carboxylic acids is 1. The van der Waals surface area contributed by atoms with E-state index >= 15 is 0 Å². The van der Waals surface area contributed by atoms with Gasteiger partial charge < -0.3 is 5.73 Å². The number of hydrazine groups is 1. The number of hydrogen-bond donors (Lipinski definition) is 4. The first-order valence-corrected chi connectivity index (χ1v) is 3.62. The van der Waals surface area contributed by atoms with E-state index in [0.29, 0.717) is 0 Å². The van der Waals surface area contributed by atoms with Crippen LogP contribution in [0.2, 0.25) is 0 Å². The van der Waals surface area contributed by atoms with E-state index in [0.717, 1.165) is 10.6 Å². The van der Waals surface area contributed by atoms with Crippen molar-refractivity contribution in [3.8, 4) is 0 Å². The Hall–Kier alpha value is -2.25. The number of urea groups is 1. The highest BCUT2D eigenvalue weighted by molar-refractivity contribution is 5.72. The summed E-state index contributed by atoms with van der Waals surface area (Å²) in [4.78, 5) is 34.2. The highest BCUT2D eigenvalue weighted by Gasteiger charge is 2.01. The highest BCUT2D eigenvalue weighted by Crippen LogP contribution is 1.93. The summed E-state index contributed by atoms with van der Waals surface area (Å²) < 4.78 is 1.11. The molecule has 0 saturated heterocycles. The molecule has 1 heterocycles. The van der Waals surface area contributed by atoms with Gasteiger partial charge in [-0.2, -0.15) is 0 Å². The topological polar surface area (TPSA) is 122 Å². The predicted octanol–water partition coefficient (Wildman–Crippen LogP) is -1.93. The Bertz CT molecular complexity index is 459. The van der Waals surface area contributed by atoms with Crippen LogP contribution < -0.4 is 27.8 Å². The fraction of sp³-hybridized carbons (Fsp3) is 0.167. The van der Waals surface area contributed by atoms with Crippen LogP contribution in [0, 0.1) is 0 Å². The minimum absolute atomic E-state index is 0.137. The molecule has 0 spiro atoms. The fourth-order valence-corrected chi connectivity index (χ4v) is 0.801. The van der Waals surface area contributed by atoms with Crippen LogP contribution in [-0.4, -0.2) is 15.6 Å². The molecule has 1 aromatic heterocycles. The Kier molecular flexibility index (Phi) is 2.56. The Morgan fingerprint density at radius 2 is 2.21 bits per heavy atom. The molecule has 76 valence electrons. The molecule has 0 aromatic carbocycles. The van der Waals surface area contributed by atoms with E-state index in [1.165, 1.54) is 7.05 Å². The molecule has 8 heteroatoms. The van der Waals surface area contributed by atoms with Gasteiger partial charge in [0.05, 0.1) is 0 Å². The van der Waals surface area contributed by atoms with E-state index in [1.807, 2.05) is 10.4 Å². The zero-order valence-corrected chi connectivity index (χ0v) is 7.33. The standard InChI is InChI=1S/C6H9N5O3/c1-11-3(9-10-5(7)13)2-4(12)8-6(11)14/h2,9H,1H3,(H3,7,10,13)(H,8,12,14). The van der Waals surface area contributed by atoms with Crippen molar-refractivity contribution >= 4 is 11.8 Å². The molecule has 0 aliphatic carbocycles. The summed E-state index contributed by atoms with van der Waals surface area (Å²) in [5.41, 5.74) is 7.97. The molecule has 0 unspecified atom stereocenters. The number of aromatic nitrogens is 2. The normalized spacial score (nSPS) is 9.50. The number of H-pyrrole nitrogens is 1. The van der Waals surface area contributed by atoms with Crippen LogP contribution in [0.4, 0.5) is 10.6 Å². The summed E-state index contributed by atoms with van der Waals surface area (Å²) in [5, 5.41) is 0. The zero-order valence-electron chi connectivity index (χ0n) is 7.33. The third kappa shape index (κ3) is 2.12. The summed E-state index contributed by atoms with van der Waals surface area (Å²) in [5.74, 6) is 0.137. The molecule has 0 radical (unpaired) electrons. The maximum Gasteiger partial charge on any atom is 0.330 e. The Labute approximate surface area is 77.7 Å². The van der Waals surface area contributed by atoms with Gasteiger partial charge in [0.25, 0.3) is 5.56 Å². The second-order valence-electron chi connectivity index (χ2n) is 2.50. The molecular formula is C6H9N5O3. The van der Waals surface area contributed by atoms with Crippen molar-refractivity contribution in [3.05, 3.63) is 26.9 Å². The number of nitrogens with one attached hydrogen (secondary N) is 3. The maximum absolute atomic E-state index is 11.0. The van der Waals surface area contributed by atoms with E-state index in [9.17, 15) is 14.4 Å². The highest BCUT2D eigenvalue weighted by atomic mass is 16.2. The quantitative estimate of drug-likeness (QED) is 0.414. The Morgan fingerprint density at radius 3 is 2.79 bits per heavy atom. The van der Waals surface area contributed by atoms with E-state index in [-0.39, 0.29) is 5.82 Å². The number of anilines is 1. The monoisotopic (exact) mass is 199 g/mol. The molecular weight excluding hydrogens is 190 g/mol. The SMILES string of the molecule is Cn1c(NNC(N)=O)cc(=O)[nH]c1=O. The van der Waals surface area contributed by atoms with E-state index in [1.54, 1.807) is 0 Å². The van der Waals surface area contributed by atoms with Gasteiger partial charge in [0.1, 0.15) is 5.82 Å². The summed E-state index contributed by atoms with van der Waals surface area (Å²) in [6, 6.07) is 0.287. The number of nitrogens with zero attached hydrogens (tertiary/aromatic N) is 1. The van der Waals surface area contributed by atoms with Crippen LogP contribution in [0.25, 0.3) is 0 Å². The minimum Gasteiger partial charge on any atom is -0.350 e. The molecule has 2 amide bonds. The number of hydrogen-bond acceptors (Lipinski definition) is 4. The number of aromatic amines is 1. The Balaban J connectivity index is 3.03. The van der Waals surface area contributed by atoms with Crippen molar-refractivity contribution in [3.63, 3.8) is 0 Å². The van der Waals surface area contributed by atoms with Crippen LogP contribution in [-0.2, 0) is 7.05 Å². The fourth-order valence-electron chi connectivity index (χ4n) is 0.801. The van der Waals surface area contributed by atoms with E-state index in [4.69, 9.17) is 5.73 Å². The number of carbonyl (C=O) groups is 1. The Morgan fingerprint density at radius 1 is 1.57 bits per heavy atom. The molecule has 1 aromatic rings. The van der Waals surface area contributed by atoms with Gasteiger partial charge in [-0.1, -0.05) is 0 Å². The van der Waals surface area contributed by atoms with Crippen molar-refractivity contribution in [1.29, 1.82) is 0 Å². The van der Waals surface area contributed by atoms with Crippen LogP contribution >= 0.6 is 0 Å². The third-order valence-electron chi connectivity index (χ3n) is 1.48. The van der Waals surface area contributed by atoms with Crippen molar-refractivity contribution < 1.29 is 4.79 Å². The molecule has 0 atom stereocenters. The number of primary amides is 1. The zero-order chi connectivity index (χ0) is 10.7. The molecule has 0 saturated carbocycles. The van der Waals surface area contributed by atoms with Crippen LogP contribution in [0.1, 0.15) is 0 Å². The van der Waals surface area contributed by atoms with Gasteiger partial charge in [0.2, 0.25) is 0 Å². The molecule has 5 N–H and O–H groups in total. The lowest BCUT2D eigenvalue weighted by Crippen LogP contribution is -2.38. The average molecular weight is 199 g/mol. The summed E-state index contributed by atoms with van der Waals surface area (Å²) in [6.45, 7) is 0. The van der Waals surface area contributed by atoms with Gasteiger partial charge in [0, 0.05) is 13.1 Å². The second-order valence-corrected chi connectivity index (χ2v) is 2.50. The van der Waals surface area contributed by atoms with Gasteiger partial charge in [-0.25, -0.2) is 9.59 Å². The van der Waals surface area contributed by atoms with Gasteiger partial charge in [-0.15, -0.1) is 0 Å². The summed E-state index contributed by atoms with van der Waals surface area (Å²) >= 11 is 0. The first-order valence-electron chi connectivity index (χ1n) is 3.62. The lowest BCUT2D eigenvalue weighted by atomic mass is 10.6. The van der Waals surface area contributed by atoms with Gasteiger partial charge >= 0.3 is 11.7 Å². The lowest BCUT2D eigenvalue weighted by Gasteiger charge is -2.08. The number of amides is 2. The van der Waals surface area contributed by atoms with Gasteiger partial charge in [-0.05, 0) is 0 Å². The molecule has 14 heavy (non-hydrogen) atoms. The van der Waals surface area contributed by atoms with Gasteiger partial charge in [-0.3, -0.25) is 25.2 Å². The third-order valence-corrected chi connectivity index (χ3v) is 1.48. The van der Waals surface area contributed by atoms with E-state index in [2.05, 4.69) is 5.43 Å². The van der Waals surface area contributed by atoms with Crippen LogP contribution in [0.3, 0.4) is 0 Å². The molecule has 0 fully saturated rings. The van der Waals surface area contributed by atoms with Crippen LogP contribution in [0.15, 0.2) is 15.7 Å². The van der Waals surface area contributed by atoms with Crippen molar-refractivity contribution in [2.75, 3.05) is 5.43 Å². The second kappa shape index (κ2) is 3.64. The molecule has 0 aliphatic rings. The van der Waals surface area contributed by atoms with Gasteiger partial charge in [0.15, 0.2) is 0 Å². The largest absolute Gasteiger partial charge is 0.350 e. The van der Waals surface area contributed by atoms with Crippen molar-refractivity contribution in [2.24, 2.45) is 12.8 Å². The smallest absolute Gasteiger partial charge is 0.330 e. The predicted molar refractivity (Wildman–Crippen MR) is 48.6 cm³/mol. The maximum atomic E-state index is 11.0. The number of nitrogens with two attached hydrogens (primary N) is 1. The first kappa shape index (κ1) is 9.84. The van der Waals surface area contributed by atoms with E-state index < -0.39 is 17.3 Å². The molecule has 8 nitrogen and oxygen atoms in total. The minimum atomic E-state index is -0.822. The van der Waals surface area contributed by atoms with Crippen molar-refractivity contribution in [2.45, 2.75) is 0 Å². The molecule has 0 bridgehead atoms. The first-order chi connectivity index (χ1) is 6.50. The lowest BCUT2D eigenvalue weighted by molar-refractivity contribution is 0.250. The summed E-state index contributed by atoms with van der Waals surface area (Å²) in [6.07, 6.45) is 0.